The molecule has 0 saturated heterocycles. The summed E-state index contributed by atoms with van der Waals surface area (Å²) in [5, 5.41) is 0. The number of hydrogen-bond donors (Lipinski definition) is 0. The zero-order valence-corrected chi connectivity index (χ0v) is 16.2. The lowest BCUT2D eigenvalue weighted by Crippen LogP contribution is -2.43. The van der Waals surface area contributed by atoms with Crippen LogP contribution in [-0.2, 0) is 9.53 Å². The Kier molecular flexibility index (Phi) is 6.37. The van der Waals surface area contributed by atoms with Gasteiger partial charge in [0, 0.05) is 16.8 Å². The predicted molar refractivity (Wildman–Crippen MR) is 94.5 cm³/mol. The summed E-state index contributed by atoms with van der Waals surface area (Å²) in [5.74, 6) is -2.52. The van der Waals surface area contributed by atoms with Gasteiger partial charge < -0.3 is 9.64 Å². The molecule has 1 aromatic heterocycles. The van der Waals surface area contributed by atoms with Crippen molar-refractivity contribution in [2.45, 2.75) is 58.7 Å². The van der Waals surface area contributed by atoms with Crippen LogP contribution in [0.1, 0.15) is 54.1 Å². The average molecular weight is 391 g/mol. The SMILES string of the molecule is COC(=O)c1sc(C)cc1N(C(=O)C1CCC(C(F)(F)F)CC1)C(C)C. The zero-order chi connectivity index (χ0) is 19.6. The third kappa shape index (κ3) is 4.39. The fraction of sp³-hybridized carbons (Fsp3) is 0.667. The quantitative estimate of drug-likeness (QED) is 0.682. The minimum atomic E-state index is -4.20. The molecule has 1 aromatic rings. The van der Waals surface area contributed by atoms with Crippen molar-refractivity contribution in [2.75, 3.05) is 12.0 Å². The van der Waals surface area contributed by atoms with E-state index in [4.69, 9.17) is 4.74 Å². The van der Waals surface area contributed by atoms with Gasteiger partial charge in [-0.15, -0.1) is 11.3 Å². The van der Waals surface area contributed by atoms with Crippen LogP contribution in [0.3, 0.4) is 0 Å². The van der Waals surface area contributed by atoms with Gasteiger partial charge in [-0.1, -0.05) is 0 Å². The Bertz CT molecular complexity index is 661. The second-order valence-electron chi connectivity index (χ2n) is 6.96. The number of anilines is 1. The number of thiophene rings is 1. The summed E-state index contributed by atoms with van der Waals surface area (Å²) in [6, 6.07) is 1.54. The third-order valence-electron chi connectivity index (χ3n) is 4.76. The van der Waals surface area contributed by atoms with E-state index in [1.807, 2.05) is 20.8 Å². The first-order valence-electron chi connectivity index (χ1n) is 8.64. The van der Waals surface area contributed by atoms with Gasteiger partial charge in [-0.2, -0.15) is 13.2 Å². The first-order valence-corrected chi connectivity index (χ1v) is 9.46. The molecule has 1 amide bonds. The number of carbonyl (C=O) groups excluding carboxylic acids is 2. The van der Waals surface area contributed by atoms with Crippen LogP contribution in [0, 0.1) is 18.8 Å². The molecule has 2 rings (SSSR count). The fourth-order valence-electron chi connectivity index (χ4n) is 3.43. The highest BCUT2D eigenvalue weighted by atomic mass is 32.1. The van der Waals surface area contributed by atoms with E-state index < -0.39 is 24.0 Å². The summed E-state index contributed by atoms with van der Waals surface area (Å²) in [6.07, 6.45) is -3.84. The molecule has 26 heavy (non-hydrogen) atoms. The predicted octanol–water partition coefficient (Wildman–Crippen LogP) is 4.95. The second-order valence-corrected chi connectivity index (χ2v) is 8.21. The largest absolute Gasteiger partial charge is 0.465 e. The van der Waals surface area contributed by atoms with Crippen LogP contribution in [0.25, 0.3) is 0 Å². The molecule has 1 heterocycles. The van der Waals surface area contributed by atoms with Crippen molar-refractivity contribution in [3.63, 3.8) is 0 Å². The Balaban J connectivity index is 2.24. The first kappa shape index (κ1) is 20.7. The molecular formula is C18H24F3NO3S. The Morgan fingerprint density at radius 1 is 1.23 bits per heavy atom. The molecule has 0 radical (unpaired) electrons. The summed E-state index contributed by atoms with van der Waals surface area (Å²) in [5.41, 5.74) is 0.484. The molecule has 8 heteroatoms. The summed E-state index contributed by atoms with van der Waals surface area (Å²) >= 11 is 1.24. The van der Waals surface area contributed by atoms with E-state index in [0.717, 1.165) is 4.88 Å². The van der Waals surface area contributed by atoms with Crippen molar-refractivity contribution in [3.8, 4) is 0 Å². The molecule has 0 N–H and O–H groups in total. The fourth-order valence-corrected chi connectivity index (χ4v) is 4.36. The highest BCUT2D eigenvalue weighted by Crippen LogP contribution is 2.41. The molecule has 0 bridgehead atoms. The topological polar surface area (TPSA) is 46.6 Å². The smallest absolute Gasteiger partial charge is 0.391 e. The van der Waals surface area contributed by atoms with E-state index in [-0.39, 0.29) is 37.6 Å². The number of methoxy groups -OCH3 is 1. The monoisotopic (exact) mass is 391 g/mol. The first-order chi connectivity index (χ1) is 12.1. The maximum Gasteiger partial charge on any atom is 0.391 e. The number of nitrogens with zero attached hydrogens (tertiary/aromatic N) is 1. The molecule has 1 saturated carbocycles. The number of hydrogen-bond acceptors (Lipinski definition) is 4. The molecule has 1 aliphatic rings. The molecule has 0 aromatic carbocycles. The Labute approximate surface area is 155 Å². The van der Waals surface area contributed by atoms with Crippen LogP contribution in [0.2, 0.25) is 0 Å². The number of carbonyl (C=O) groups is 2. The molecule has 4 nitrogen and oxygen atoms in total. The number of ether oxygens (including phenoxy) is 1. The minimum absolute atomic E-state index is 0.0294. The standard InChI is InChI=1S/C18H24F3NO3S/c1-10(2)22(14-9-11(3)26-15(14)17(24)25-4)16(23)12-5-7-13(8-6-12)18(19,20)21/h9-10,12-13H,5-8H2,1-4H3. The number of alkyl halides is 3. The maximum absolute atomic E-state index is 13.1. The molecule has 0 atom stereocenters. The van der Waals surface area contributed by atoms with Crippen LogP contribution in [0.4, 0.5) is 18.9 Å². The van der Waals surface area contributed by atoms with Gasteiger partial charge in [-0.25, -0.2) is 4.79 Å². The average Bonchev–Trinajstić information content (AvgIpc) is 2.94. The Morgan fingerprint density at radius 2 is 1.81 bits per heavy atom. The summed E-state index contributed by atoms with van der Waals surface area (Å²) < 4.78 is 43.4. The van der Waals surface area contributed by atoms with Gasteiger partial charge in [-0.05, 0) is 52.5 Å². The van der Waals surface area contributed by atoms with Gasteiger partial charge in [0.2, 0.25) is 5.91 Å². The highest BCUT2D eigenvalue weighted by molar-refractivity contribution is 7.14. The molecule has 1 aliphatic carbocycles. The van der Waals surface area contributed by atoms with Crippen LogP contribution < -0.4 is 4.90 Å². The van der Waals surface area contributed by atoms with Crippen LogP contribution in [-0.4, -0.2) is 31.2 Å². The lowest BCUT2D eigenvalue weighted by atomic mass is 9.81. The molecule has 0 spiro atoms. The summed E-state index contributed by atoms with van der Waals surface area (Å²) in [6.45, 7) is 5.48. The van der Waals surface area contributed by atoms with Crippen molar-refractivity contribution >= 4 is 28.9 Å². The van der Waals surface area contributed by atoms with Crippen molar-refractivity contribution in [2.24, 2.45) is 11.8 Å². The lowest BCUT2D eigenvalue weighted by Gasteiger charge is -2.34. The minimum Gasteiger partial charge on any atom is -0.465 e. The molecular weight excluding hydrogens is 367 g/mol. The number of aryl methyl sites for hydroxylation is 1. The highest BCUT2D eigenvalue weighted by Gasteiger charge is 2.43. The number of rotatable bonds is 4. The van der Waals surface area contributed by atoms with E-state index >= 15 is 0 Å². The van der Waals surface area contributed by atoms with Crippen LogP contribution >= 0.6 is 11.3 Å². The van der Waals surface area contributed by atoms with Crippen molar-refractivity contribution in [1.29, 1.82) is 0 Å². The van der Waals surface area contributed by atoms with E-state index in [0.29, 0.717) is 10.6 Å². The van der Waals surface area contributed by atoms with Crippen molar-refractivity contribution in [1.82, 2.24) is 0 Å². The van der Waals surface area contributed by atoms with E-state index in [2.05, 4.69) is 0 Å². The number of halogens is 3. The van der Waals surface area contributed by atoms with Crippen LogP contribution in [0.15, 0.2) is 6.07 Å². The van der Waals surface area contributed by atoms with Gasteiger partial charge in [0.15, 0.2) is 0 Å². The molecule has 146 valence electrons. The Morgan fingerprint density at radius 3 is 2.27 bits per heavy atom. The summed E-state index contributed by atoms with van der Waals surface area (Å²) in [4.78, 5) is 27.9. The van der Waals surface area contributed by atoms with E-state index in [1.165, 1.54) is 23.3 Å². The normalized spacial score (nSPS) is 20.9. The Hall–Kier alpha value is -1.57. The van der Waals surface area contributed by atoms with E-state index in [1.54, 1.807) is 6.07 Å². The van der Waals surface area contributed by atoms with Gasteiger partial charge in [0.05, 0.1) is 18.7 Å². The van der Waals surface area contributed by atoms with Gasteiger partial charge in [0.25, 0.3) is 0 Å². The molecule has 0 unspecified atom stereocenters. The van der Waals surface area contributed by atoms with E-state index in [9.17, 15) is 22.8 Å². The number of amides is 1. The van der Waals surface area contributed by atoms with Crippen molar-refractivity contribution in [3.05, 3.63) is 15.8 Å². The second kappa shape index (κ2) is 7.98. The molecule has 0 aliphatic heterocycles. The van der Waals surface area contributed by atoms with Crippen molar-refractivity contribution < 1.29 is 27.5 Å². The zero-order valence-electron chi connectivity index (χ0n) is 15.4. The third-order valence-corrected chi connectivity index (χ3v) is 5.78. The van der Waals surface area contributed by atoms with Gasteiger partial charge in [-0.3, -0.25) is 4.79 Å². The lowest BCUT2D eigenvalue weighted by molar-refractivity contribution is -0.184. The van der Waals surface area contributed by atoms with Crippen LogP contribution in [0.5, 0.6) is 0 Å². The van der Waals surface area contributed by atoms with Gasteiger partial charge >= 0.3 is 12.1 Å². The van der Waals surface area contributed by atoms with Gasteiger partial charge in [0.1, 0.15) is 4.88 Å². The summed E-state index contributed by atoms with van der Waals surface area (Å²) in [7, 11) is 1.28. The number of esters is 1. The molecule has 1 fully saturated rings. The maximum atomic E-state index is 13.1.